The number of furan rings is 1. The van der Waals surface area contributed by atoms with Crippen LogP contribution in [-0.2, 0) is 6.54 Å². The molecule has 2 aromatic rings. The number of rotatable bonds is 3. The molecule has 0 aliphatic rings. The first-order chi connectivity index (χ1) is 7.66. The van der Waals surface area contributed by atoms with Crippen LogP contribution in [0.25, 0.3) is 0 Å². The maximum atomic E-state index is 13.0. The molecule has 1 heterocycles. The molecule has 1 aromatic carbocycles. The molecule has 0 atom stereocenters. The molecule has 84 valence electrons. The van der Waals surface area contributed by atoms with Gasteiger partial charge in [0.05, 0.1) is 21.8 Å². The first kappa shape index (κ1) is 11.7. The standard InChI is InChI=1S/C11H8Br2FNO/c12-8-3-4-16-11(8)6-15-7-1-2-10(14)9(13)5-7/h1-5,15H,6H2. The van der Waals surface area contributed by atoms with Gasteiger partial charge in [0.1, 0.15) is 11.6 Å². The Hall–Kier alpha value is -0.810. The van der Waals surface area contributed by atoms with Crippen molar-refractivity contribution in [3.05, 3.63) is 51.1 Å². The molecule has 0 amide bonds. The number of halogens is 3. The van der Waals surface area contributed by atoms with Crippen molar-refractivity contribution < 1.29 is 8.81 Å². The van der Waals surface area contributed by atoms with Gasteiger partial charge in [-0.05, 0) is 56.1 Å². The highest BCUT2D eigenvalue weighted by Gasteiger charge is 2.04. The molecule has 0 saturated heterocycles. The Morgan fingerprint density at radius 3 is 2.62 bits per heavy atom. The molecule has 0 spiro atoms. The third-order valence-corrected chi connectivity index (χ3v) is 3.38. The van der Waals surface area contributed by atoms with Gasteiger partial charge in [-0.25, -0.2) is 4.39 Å². The molecule has 0 aliphatic heterocycles. The van der Waals surface area contributed by atoms with Crippen molar-refractivity contribution in [1.82, 2.24) is 0 Å². The second-order valence-corrected chi connectivity index (χ2v) is 4.88. The SMILES string of the molecule is Fc1ccc(NCc2occc2Br)cc1Br. The van der Waals surface area contributed by atoms with Gasteiger partial charge in [0, 0.05) is 5.69 Å². The van der Waals surface area contributed by atoms with Gasteiger partial charge in [-0.15, -0.1) is 0 Å². The van der Waals surface area contributed by atoms with Gasteiger partial charge < -0.3 is 9.73 Å². The van der Waals surface area contributed by atoms with Crippen molar-refractivity contribution in [3.63, 3.8) is 0 Å². The molecule has 1 aromatic heterocycles. The monoisotopic (exact) mass is 347 g/mol. The Bertz CT molecular complexity index is 498. The van der Waals surface area contributed by atoms with Gasteiger partial charge in [-0.3, -0.25) is 0 Å². The fourth-order valence-electron chi connectivity index (χ4n) is 1.24. The summed E-state index contributed by atoms with van der Waals surface area (Å²) in [6, 6.07) is 6.60. The van der Waals surface area contributed by atoms with E-state index < -0.39 is 0 Å². The lowest BCUT2D eigenvalue weighted by Gasteiger charge is -2.05. The summed E-state index contributed by atoms with van der Waals surface area (Å²) in [7, 11) is 0. The van der Waals surface area contributed by atoms with E-state index >= 15 is 0 Å². The zero-order valence-corrected chi connectivity index (χ0v) is 11.3. The molecule has 0 radical (unpaired) electrons. The Morgan fingerprint density at radius 1 is 1.19 bits per heavy atom. The minimum atomic E-state index is -0.273. The van der Waals surface area contributed by atoms with Crippen LogP contribution >= 0.6 is 31.9 Å². The summed E-state index contributed by atoms with van der Waals surface area (Å²) in [5.74, 6) is 0.533. The Labute approximate surface area is 109 Å². The number of nitrogens with one attached hydrogen (secondary N) is 1. The molecule has 0 saturated carbocycles. The second kappa shape index (κ2) is 5.01. The highest BCUT2D eigenvalue weighted by Crippen LogP contribution is 2.22. The highest BCUT2D eigenvalue weighted by atomic mass is 79.9. The topological polar surface area (TPSA) is 25.2 Å². The molecule has 0 unspecified atom stereocenters. The van der Waals surface area contributed by atoms with Crippen LogP contribution in [0.15, 0.2) is 43.9 Å². The van der Waals surface area contributed by atoms with Crippen molar-refractivity contribution in [2.45, 2.75) is 6.54 Å². The molecular weight excluding hydrogens is 341 g/mol. The Balaban J connectivity index is 2.05. The number of anilines is 1. The Kier molecular flexibility index (Phi) is 3.66. The summed E-state index contributed by atoms with van der Waals surface area (Å²) in [6.07, 6.45) is 1.61. The van der Waals surface area contributed by atoms with Gasteiger partial charge >= 0.3 is 0 Å². The summed E-state index contributed by atoms with van der Waals surface area (Å²) >= 11 is 6.49. The van der Waals surface area contributed by atoms with E-state index in [1.54, 1.807) is 18.4 Å². The lowest BCUT2D eigenvalue weighted by atomic mass is 10.3. The van der Waals surface area contributed by atoms with E-state index in [1.807, 2.05) is 6.07 Å². The van der Waals surface area contributed by atoms with E-state index in [9.17, 15) is 4.39 Å². The zero-order valence-electron chi connectivity index (χ0n) is 8.14. The lowest BCUT2D eigenvalue weighted by Crippen LogP contribution is -1.98. The van der Waals surface area contributed by atoms with Crippen molar-refractivity contribution >= 4 is 37.5 Å². The first-order valence-electron chi connectivity index (χ1n) is 4.57. The number of hydrogen-bond acceptors (Lipinski definition) is 2. The van der Waals surface area contributed by atoms with Crippen LogP contribution in [0.5, 0.6) is 0 Å². The summed E-state index contributed by atoms with van der Waals surface area (Å²) in [5.41, 5.74) is 0.830. The van der Waals surface area contributed by atoms with Gasteiger partial charge in [0.2, 0.25) is 0 Å². The van der Waals surface area contributed by atoms with Gasteiger partial charge in [0.25, 0.3) is 0 Å². The molecular formula is C11H8Br2FNO. The number of hydrogen-bond donors (Lipinski definition) is 1. The highest BCUT2D eigenvalue weighted by molar-refractivity contribution is 9.10. The van der Waals surface area contributed by atoms with E-state index in [4.69, 9.17) is 4.42 Å². The maximum absolute atomic E-state index is 13.0. The fourth-order valence-corrected chi connectivity index (χ4v) is 1.96. The van der Waals surface area contributed by atoms with Crippen molar-refractivity contribution in [2.75, 3.05) is 5.32 Å². The number of benzene rings is 1. The van der Waals surface area contributed by atoms with Crippen molar-refractivity contribution in [2.24, 2.45) is 0 Å². The molecule has 0 bridgehead atoms. The van der Waals surface area contributed by atoms with E-state index in [2.05, 4.69) is 37.2 Å². The van der Waals surface area contributed by atoms with E-state index in [0.717, 1.165) is 15.9 Å². The molecule has 1 N–H and O–H groups in total. The van der Waals surface area contributed by atoms with Gasteiger partial charge in [-0.2, -0.15) is 0 Å². The van der Waals surface area contributed by atoms with Crippen molar-refractivity contribution in [1.29, 1.82) is 0 Å². The van der Waals surface area contributed by atoms with E-state index in [0.29, 0.717) is 11.0 Å². The smallest absolute Gasteiger partial charge is 0.137 e. The van der Waals surface area contributed by atoms with Crippen LogP contribution < -0.4 is 5.32 Å². The minimum absolute atomic E-state index is 0.273. The summed E-state index contributed by atoms with van der Waals surface area (Å²) in [5, 5.41) is 3.14. The van der Waals surface area contributed by atoms with Gasteiger partial charge in [0.15, 0.2) is 0 Å². The zero-order chi connectivity index (χ0) is 11.5. The predicted molar refractivity (Wildman–Crippen MR) is 67.8 cm³/mol. The third-order valence-electron chi connectivity index (χ3n) is 2.06. The summed E-state index contributed by atoms with van der Waals surface area (Å²) in [6.45, 7) is 0.547. The van der Waals surface area contributed by atoms with Crippen LogP contribution in [-0.4, -0.2) is 0 Å². The third kappa shape index (κ3) is 2.65. The van der Waals surface area contributed by atoms with Crippen LogP contribution in [0.1, 0.15) is 5.76 Å². The van der Waals surface area contributed by atoms with E-state index in [1.165, 1.54) is 6.07 Å². The summed E-state index contributed by atoms with van der Waals surface area (Å²) in [4.78, 5) is 0. The molecule has 2 nitrogen and oxygen atoms in total. The second-order valence-electron chi connectivity index (χ2n) is 3.17. The van der Waals surface area contributed by atoms with Gasteiger partial charge in [-0.1, -0.05) is 0 Å². The Morgan fingerprint density at radius 2 is 2.00 bits per heavy atom. The molecule has 2 rings (SSSR count). The van der Waals surface area contributed by atoms with Crippen LogP contribution in [0.4, 0.5) is 10.1 Å². The van der Waals surface area contributed by atoms with Crippen LogP contribution in [0, 0.1) is 5.82 Å². The average Bonchev–Trinajstić information content (AvgIpc) is 2.66. The average molecular weight is 349 g/mol. The largest absolute Gasteiger partial charge is 0.466 e. The molecule has 16 heavy (non-hydrogen) atoms. The minimum Gasteiger partial charge on any atom is -0.466 e. The molecule has 0 aliphatic carbocycles. The van der Waals surface area contributed by atoms with E-state index in [-0.39, 0.29) is 5.82 Å². The first-order valence-corrected chi connectivity index (χ1v) is 6.16. The fraction of sp³-hybridized carbons (Fsp3) is 0.0909. The van der Waals surface area contributed by atoms with Crippen molar-refractivity contribution in [3.8, 4) is 0 Å². The predicted octanol–water partition coefficient (Wildman–Crippen LogP) is 4.56. The molecule has 5 heteroatoms. The van der Waals surface area contributed by atoms with Crippen LogP contribution in [0.3, 0.4) is 0 Å². The lowest BCUT2D eigenvalue weighted by molar-refractivity contribution is 0.516. The molecule has 0 fully saturated rings. The summed E-state index contributed by atoms with van der Waals surface area (Å²) < 4.78 is 19.6. The quantitative estimate of drug-likeness (QED) is 0.879. The maximum Gasteiger partial charge on any atom is 0.137 e. The van der Waals surface area contributed by atoms with Crippen LogP contribution in [0.2, 0.25) is 0 Å². The normalized spacial score (nSPS) is 10.4.